The molecule has 1 aliphatic rings. The molecule has 10 heteroatoms. The molecule has 7 nitrogen and oxygen atoms in total. The lowest BCUT2D eigenvalue weighted by Crippen LogP contribution is -2.35. The first kappa shape index (κ1) is 21.9. The average molecular weight is 407 g/mol. The number of amides is 1. The Hall–Kier alpha value is -1.19. The van der Waals surface area contributed by atoms with Crippen molar-refractivity contribution >= 4 is 47.9 Å². The van der Waals surface area contributed by atoms with Gasteiger partial charge in [-0.3, -0.25) is 4.79 Å². The minimum atomic E-state index is -0.214. The van der Waals surface area contributed by atoms with E-state index in [-0.39, 0.29) is 30.7 Å². The number of aromatic nitrogens is 3. The Balaban J connectivity index is 0.00000156. The molecule has 0 aromatic carbocycles. The quantitative estimate of drug-likeness (QED) is 0.795. The molecule has 0 saturated carbocycles. The SMILES string of the molecule is CCN1CCC(n2nccc2NC(=O)c2csc(CN)n2)CC1.Cl.Cl. The largest absolute Gasteiger partial charge is 0.325 e. The van der Waals surface area contributed by atoms with Crippen LogP contribution in [-0.2, 0) is 6.54 Å². The van der Waals surface area contributed by atoms with Gasteiger partial charge in [-0.2, -0.15) is 5.10 Å². The summed E-state index contributed by atoms with van der Waals surface area (Å²) >= 11 is 1.40. The molecule has 3 rings (SSSR count). The first-order valence-corrected chi connectivity index (χ1v) is 8.81. The number of carbonyl (C=O) groups excluding carboxylic acids is 1. The first-order valence-electron chi connectivity index (χ1n) is 7.93. The predicted octanol–water partition coefficient (Wildman–Crippen LogP) is 2.55. The van der Waals surface area contributed by atoms with E-state index in [9.17, 15) is 4.79 Å². The van der Waals surface area contributed by atoms with Crippen molar-refractivity contribution in [3.63, 3.8) is 0 Å². The molecule has 0 radical (unpaired) electrons. The van der Waals surface area contributed by atoms with Crippen molar-refractivity contribution in [3.8, 4) is 0 Å². The normalized spacial score (nSPS) is 15.3. The number of nitrogens with two attached hydrogens (primary N) is 1. The Morgan fingerprint density at radius 2 is 2.12 bits per heavy atom. The molecule has 1 fully saturated rings. The summed E-state index contributed by atoms with van der Waals surface area (Å²) in [6.45, 7) is 5.76. The number of hydrogen-bond acceptors (Lipinski definition) is 6. The molecule has 140 valence electrons. The smallest absolute Gasteiger partial charge is 0.276 e. The highest BCUT2D eigenvalue weighted by Crippen LogP contribution is 2.25. The summed E-state index contributed by atoms with van der Waals surface area (Å²) in [5.41, 5.74) is 5.95. The minimum absolute atomic E-state index is 0. The lowest BCUT2D eigenvalue weighted by Gasteiger charge is -2.31. The number of nitrogens with one attached hydrogen (secondary N) is 1. The van der Waals surface area contributed by atoms with Crippen molar-refractivity contribution in [2.75, 3.05) is 25.0 Å². The maximum atomic E-state index is 12.3. The van der Waals surface area contributed by atoms with Gasteiger partial charge in [-0.1, -0.05) is 6.92 Å². The van der Waals surface area contributed by atoms with Gasteiger partial charge in [0.05, 0.1) is 12.2 Å². The molecule has 0 bridgehead atoms. The van der Waals surface area contributed by atoms with Gasteiger partial charge in [0.25, 0.3) is 5.91 Å². The molecule has 3 N–H and O–H groups in total. The first-order chi connectivity index (χ1) is 11.2. The zero-order valence-electron chi connectivity index (χ0n) is 14.1. The van der Waals surface area contributed by atoms with E-state index < -0.39 is 0 Å². The van der Waals surface area contributed by atoms with Crippen LogP contribution < -0.4 is 11.1 Å². The second-order valence-electron chi connectivity index (χ2n) is 5.61. The van der Waals surface area contributed by atoms with E-state index in [1.54, 1.807) is 11.6 Å². The number of rotatable bonds is 5. The predicted molar refractivity (Wildman–Crippen MR) is 105 cm³/mol. The van der Waals surface area contributed by atoms with Crippen LogP contribution >= 0.6 is 36.2 Å². The number of likely N-dealkylation sites (tertiary alicyclic amines) is 1. The van der Waals surface area contributed by atoms with Crippen LogP contribution in [0.4, 0.5) is 5.82 Å². The fourth-order valence-electron chi connectivity index (χ4n) is 2.87. The highest BCUT2D eigenvalue weighted by atomic mass is 35.5. The van der Waals surface area contributed by atoms with Gasteiger partial charge in [0.15, 0.2) is 0 Å². The number of halogens is 2. The van der Waals surface area contributed by atoms with Crippen molar-refractivity contribution in [2.45, 2.75) is 32.4 Å². The molecule has 3 heterocycles. The van der Waals surface area contributed by atoms with Gasteiger partial charge in [-0.05, 0) is 19.4 Å². The molecular weight excluding hydrogens is 383 g/mol. The van der Waals surface area contributed by atoms with E-state index in [2.05, 4.69) is 27.2 Å². The van der Waals surface area contributed by atoms with Crippen LogP contribution in [-0.4, -0.2) is 45.2 Å². The number of carbonyl (C=O) groups is 1. The Labute approximate surface area is 163 Å². The number of hydrogen-bond donors (Lipinski definition) is 2. The minimum Gasteiger partial charge on any atom is -0.325 e. The molecule has 0 atom stereocenters. The molecule has 0 spiro atoms. The van der Waals surface area contributed by atoms with Crippen molar-refractivity contribution in [2.24, 2.45) is 5.73 Å². The third-order valence-corrected chi connectivity index (χ3v) is 5.09. The zero-order chi connectivity index (χ0) is 16.2. The number of nitrogens with zero attached hydrogens (tertiary/aromatic N) is 4. The summed E-state index contributed by atoms with van der Waals surface area (Å²) in [5.74, 6) is 0.515. The van der Waals surface area contributed by atoms with E-state index in [4.69, 9.17) is 5.73 Å². The molecular formula is C15H24Cl2N6OS. The fraction of sp³-hybridized carbons (Fsp3) is 0.533. The van der Waals surface area contributed by atoms with Crippen molar-refractivity contribution in [3.05, 3.63) is 28.3 Å². The molecule has 1 amide bonds. The van der Waals surface area contributed by atoms with Crippen LogP contribution in [0, 0.1) is 0 Å². The van der Waals surface area contributed by atoms with Crippen molar-refractivity contribution < 1.29 is 4.79 Å². The van der Waals surface area contributed by atoms with E-state index in [0.717, 1.165) is 43.3 Å². The third kappa shape index (κ3) is 5.15. The van der Waals surface area contributed by atoms with Crippen LogP contribution in [0.15, 0.2) is 17.6 Å². The maximum Gasteiger partial charge on any atom is 0.276 e. The van der Waals surface area contributed by atoms with E-state index in [1.807, 2.05) is 10.7 Å². The molecule has 0 aliphatic carbocycles. The Bertz CT molecular complexity index is 669. The van der Waals surface area contributed by atoms with E-state index >= 15 is 0 Å². The second-order valence-corrected chi connectivity index (χ2v) is 6.55. The monoisotopic (exact) mass is 406 g/mol. The standard InChI is InChI=1S/C15H22N6OS.2ClH/c1-2-20-7-4-11(5-8-20)21-13(3-6-17-21)19-15(22)12-10-23-14(9-16)18-12;;/h3,6,10-11H,2,4-5,7-9,16H2,1H3,(H,19,22);2*1H. The van der Waals surface area contributed by atoms with Gasteiger partial charge < -0.3 is 16.0 Å². The molecule has 25 heavy (non-hydrogen) atoms. The average Bonchev–Trinajstić information content (AvgIpc) is 3.24. The number of thiazole rings is 1. The molecule has 2 aromatic heterocycles. The van der Waals surface area contributed by atoms with Gasteiger partial charge in [0.2, 0.25) is 0 Å². The Morgan fingerprint density at radius 3 is 2.72 bits per heavy atom. The molecule has 1 saturated heterocycles. The van der Waals surface area contributed by atoms with Gasteiger partial charge in [-0.25, -0.2) is 9.67 Å². The Kier molecular flexibility index (Phi) is 8.81. The third-order valence-electron chi connectivity index (χ3n) is 4.22. The molecule has 1 aliphatic heterocycles. The van der Waals surface area contributed by atoms with Gasteiger partial charge in [0.1, 0.15) is 16.5 Å². The highest BCUT2D eigenvalue weighted by molar-refractivity contribution is 7.09. The zero-order valence-corrected chi connectivity index (χ0v) is 16.5. The molecule has 0 unspecified atom stereocenters. The van der Waals surface area contributed by atoms with Gasteiger partial charge in [0, 0.05) is 31.1 Å². The molecule has 2 aromatic rings. The van der Waals surface area contributed by atoms with Gasteiger partial charge >= 0.3 is 0 Å². The summed E-state index contributed by atoms with van der Waals surface area (Å²) in [6.07, 6.45) is 3.83. The number of anilines is 1. The summed E-state index contributed by atoms with van der Waals surface area (Å²) in [7, 11) is 0. The van der Waals surface area contributed by atoms with Crippen molar-refractivity contribution in [1.29, 1.82) is 0 Å². The van der Waals surface area contributed by atoms with Crippen LogP contribution in [0.2, 0.25) is 0 Å². The summed E-state index contributed by atoms with van der Waals surface area (Å²) in [6, 6.07) is 2.17. The van der Waals surface area contributed by atoms with Crippen molar-refractivity contribution in [1.82, 2.24) is 19.7 Å². The van der Waals surface area contributed by atoms with Crippen LogP contribution in [0.5, 0.6) is 0 Å². The van der Waals surface area contributed by atoms with Crippen LogP contribution in [0.1, 0.15) is 41.3 Å². The Morgan fingerprint density at radius 1 is 1.40 bits per heavy atom. The van der Waals surface area contributed by atoms with Crippen LogP contribution in [0.25, 0.3) is 0 Å². The maximum absolute atomic E-state index is 12.3. The lowest BCUT2D eigenvalue weighted by atomic mass is 10.1. The lowest BCUT2D eigenvalue weighted by molar-refractivity contribution is 0.102. The fourth-order valence-corrected chi connectivity index (χ4v) is 3.53. The summed E-state index contributed by atoms with van der Waals surface area (Å²) < 4.78 is 1.93. The summed E-state index contributed by atoms with van der Waals surface area (Å²) in [4.78, 5) is 19.0. The van der Waals surface area contributed by atoms with E-state index in [1.165, 1.54) is 11.3 Å². The van der Waals surface area contributed by atoms with Gasteiger partial charge in [-0.15, -0.1) is 36.2 Å². The number of piperidine rings is 1. The summed E-state index contributed by atoms with van der Waals surface area (Å²) in [5, 5.41) is 9.82. The van der Waals surface area contributed by atoms with Crippen LogP contribution in [0.3, 0.4) is 0 Å². The second kappa shape index (κ2) is 10.1. The highest BCUT2D eigenvalue weighted by Gasteiger charge is 2.22. The topological polar surface area (TPSA) is 89.1 Å². The van der Waals surface area contributed by atoms with E-state index in [0.29, 0.717) is 18.3 Å².